The Balaban J connectivity index is 1.92. The van der Waals surface area contributed by atoms with Crippen molar-refractivity contribution in [1.82, 2.24) is 5.32 Å². The summed E-state index contributed by atoms with van der Waals surface area (Å²) in [4.78, 5) is 0. The summed E-state index contributed by atoms with van der Waals surface area (Å²) in [7, 11) is 0. The molecule has 0 saturated carbocycles. The van der Waals surface area contributed by atoms with Gasteiger partial charge in [-0.1, -0.05) is 66.7 Å². The van der Waals surface area contributed by atoms with E-state index in [9.17, 15) is 0 Å². The molecule has 20 heavy (non-hydrogen) atoms. The van der Waals surface area contributed by atoms with Crippen molar-refractivity contribution in [3.05, 3.63) is 83.4 Å². The van der Waals surface area contributed by atoms with E-state index < -0.39 is 0 Å². The van der Waals surface area contributed by atoms with E-state index in [0.717, 1.165) is 13.1 Å². The van der Waals surface area contributed by atoms with Crippen LogP contribution in [0.4, 0.5) is 0 Å². The first-order chi connectivity index (χ1) is 9.93. The summed E-state index contributed by atoms with van der Waals surface area (Å²) < 4.78 is 0. The van der Waals surface area contributed by atoms with Crippen LogP contribution in [-0.4, -0.2) is 6.54 Å². The van der Waals surface area contributed by atoms with Gasteiger partial charge in [0.15, 0.2) is 0 Å². The standard InChI is InChI=1S/C19H17N/c1-2-6-14(7-3-1)18-12-20-13-19-16-9-5-4-8-15(16)10-11-17(18)19/h1-11,18,20H,12-13H2/t18-/m0/s1. The molecule has 0 radical (unpaired) electrons. The minimum absolute atomic E-state index is 0.463. The van der Waals surface area contributed by atoms with Crippen LogP contribution in [0.1, 0.15) is 22.6 Å². The van der Waals surface area contributed by atoms with Crippen molar-refractivity contribution >= 4 is 10.8 Å². The zero-order valence-corrected chi connectivity index (χ0v) is 11.3. The molecule has 3 aromatic carbocycles. The van der Waals surface area contributed by atoms with Crippen LogP contribution >= 0.6 is 0 Å². The first-order valence-electron chi connectivity index (χ1n) is 7.19. The number of benzene rings is 3. The van der Waals surface area contributed by atoms with Crippen LogP contribution in [-0.2, 0) is 6.54 Å². The Morgan fingerprint density at radius 3 is 2.50 bits per heavy atom. The summed E-state index contributed by atoms with van der Waals surface area (Å²) >= 11 is 0. The lowest BCUT2D eigenvalue weighted by molar-refractivity contribution is 0.595. The molecule has 0 bridgehead atoms. The van der Waals surface area contributed by atoms with E-state index in [1.54, 1.807) is 0 Å². The maximum atomic E-state index is 3.58. The summed E-state index contributed by atoms with van der Waals surface area (Å²) in [5.41, 5.74) is 4.34. The van der Waals surface area contributed by atoms with Gasteiger partial charge in [0.2, 0.25) is 0 Å². The Labute approximate surface area is 119 Å². The molecule has 0 aromatic heterocycles. The number of rotatable bonds is 1. The second-order valence-electron chi connectivity index (χ2n) is 5.45. The normalized spacial score (nSPS) is 17.9. The van der Waals surface area contributed by atoms with Gasteiger partial charge in [0.05, 0.1) is 0 Å². The summed E-state index contributed by atoms with van der Waals surface area (Å²) in [6, 6.07) is 24.1. The highest BCUT2D eigenvalue weighted by molar-refractivity contribution is 5.87. The molecule has 3 aromatic rings. The second-order valence-corrected chi connectivity index (χ2v) is 5.45. The maximum Gasteiger partial charge on any atom is 0.0218 e. The molecule has 0 saturated heterocycles. The second kappa shape index (κ2) is 4.77. The molecule has 1 nitrogen and oxygen atoms in total. The van der Waals surface area contributed by atoms with E-state index in [1.165, 1.54) is 27.5 Å². The third kappa shape index (κ3) is 1.83. The van der Waals surface area contributed by atoms with Crippen LogP contribution in [0.2, 0.25) is 0 Å². The highest BCUT2D eigenvalue weighted by Gasteiger charge is 2.22. The molecule has 0 aliphatic carbocycles. The predicted octanol–water partition coefficient (Wildman–Crippen LogP) is 4.07. The lowest BCUT2D eigenvalue weighted by Crippen LogP contribution is -2.28. The lowest BCUT2D eigenvalue weighted by Gasteiger charge is -2.28. The van der Waals surface area contributed by atoms with Crippen molar-refractivity contribution < 1.29 is 0 Å². The van der Waals surface area contributed by atoms with Crippen molar-refractivity contribution in [2.24, 2.45) is 0 Å². The van der Waals surface area contributed by atoms with Gasteiger partial charge in [-0.15, -0.1) is 0 Å². The molecule has 98 valence electrons. The van der Waals surface area contributed by atoms with Gasteiger partial charge >= 0.3 is 0 Å². The molecule has 0 spiro atoms. The van der Waals surface area contributed by atoms with E-state index in [-0.39, 0.29) is 0 Å². The number of nitrogens with one attached hydrogen (secondary N) is 1. The van der Waals surface area contributed by atoms with E-state index in [0.29, 0.717) is 5.92 Å². The average molecular weight is 259 g/mol. The quantitative estimate of drug-likeness (QED) is 0.694. The number of fused-ring (bicyclic) bond motifs is 3. The Bertz CT molecular complexity index is 746. The van der Waals surface area contributed by atoms with Crippen molar-refractivity contribution in [3.63, 3.8) is 0 Å². The van der Waals surface area contributed by atoms with Crippen LogP contribution in [0.5, 0.6) is 0 Å². The van der Waals surface area contributed by atoms with E-state index >= 15 is 0 Å². The smallest absolute Gasteiger partial charge is 0.0218 e. The van der Waals surface area contributed by atoms with E-state index in [2.05, 4.69) is 72.0 Å². The fourth-order valence-corrected chi connectivity index (χ4v) is 3.31. The molecule has 0 unspecified atom stereocenters. The number of hydrogen-bond acceptors (Lipinski definition) is 1. The first-order valence-corrected chi connectivity index (χ1v) is 7.19. The molecule has 1 aliphatic heterocycles. The van der Waals surface area contributed by atoms with Crippen LogP contribution in [0.25, 0.3) is 10.8 Å². The molecular formula is C19H17N. The molecule has 1 aliphatic rings. The van der Waals surface area contributed by atoms with Gasteiger partial charge < -0.3 is 5.32 Å². The molecule has 1 heterocycles. The molecule has 4 rings (SSSR count). The highest BCUT2D eigenvalue weighted by atomic mass is 14.9. The van der Waals surface area contributed by atoms with E-state index in [4.69, 9.17) is 0 Å². The Kier molecular flexibility index (Phi) is 2.79. The molecule has 0 fully saturated rings. The van der Waals surface area contributed by atoms with Gasteiger partial charge in [-0.2, -0.15) is 0 Å². The maximum absolute atomic E-state index is 3.58. The molecule has 1 atom stereocenters. The summed E-state index contributed by atoms with van der Waals surface area (Å²) in [5.74, 6) is 0.463. The van der Waals surface area contributed by atoms with Crippen LogP contribution in [0.15, 0.2) is 66.7 Å². The molecule has 0 amide bonds. The van der Waals surface area contributed by atoms with Crippen molar-refractivity contribution in [1.29, 1.82) is 0 Å². The monoisotopic (exact) mass is 259 g/mol. The van der Waals surface area contributed by atoms with Crippen LogP contribution in [0, 0.1) is 0 Å². The fraction of sp³-hybridized carbons (Fsp3) is 0.158. The Morgan fingerprint density at radius 2 is 1.60 bits per heavy atom. The van der Waals surface area contributed by atoms with Gasteiger partial charge in [0, 0.05) is 19.0 Å². The SMILES string of the molecule is c1ccc([C@@H]2CNCc3c2ccc2ccccc32)cc1. The van der Waals surface area contributed by atoms with Crippen molar-refractivity contribution in [2.45, 2.75) is 12.5 Å². The van der Waals surface area contributed by atoms with E-state index in [1.807, 2.05) is 0 Å². The van der Waals surface area contributed by atoms with Crippen LogP contribution < -0.4 is 5.32 Å². The third-order valence-electron chi connectivity index (χ3n) is 4.30. The summed E-state index contributed by atoms with van der Waals surface area (Å²) in [6.07, 6.45) is 0. The molecule has 1 N–H and O–H groups in total. The summed E-state index contributed by atoms with van der Waals surface area (Å²) in [5, 5.41) is 6.30. The van der Waals surface area contributed by atoms with Crippen molar-refractivity contribution in [3.8, 4) is 0 Å². The summed E-state index contributed by atoms with van der Waals surface area (Å²) in [6.45, 7) is 2.00. The predicted molar refractivity (Wildman–Crippen MR) is 83.9 cm³/mol. The van der Waals surface area contributed by atoms with Crippen molar-refractivity contribution in [2.75, 3.05) is 6.54 Å². The Hall–Kier alpha value is -2.12. The topological polar surface area (TPSA) is 12.0 Å². The zero-order valence-electron chi connectivity index (χ0n) is 11.3. The average Bonchev–Trinajstić information content (AvgIpc) is 2.55. The first kappa shape index (κ1) is 11.7. The Morgan fingerprint density at radius 1 is 0.800 bits per heavy atom. The minimum Gasteiger partial charge on any atom is -0.312 e. The highest BCUT2D eigenvalue weighted by Crippen LogP contribution is 2.34. The van der Waals surface area contributed by atoms with Gasteiger partial charge in [-0.3, -0.25) is 0 Å². The minimum atomic E-state index is 0.463. The fourth-order valence-electron chi connectivity index (χ4n) is 3.31. The van der Waals surface area contributed by atoms with Gasteiger partial charge in [-0.05, 0) is 27.5 Å². The molecule has 1 heteroatoms. The van der Waals surface area contributed by atoms with Gasteiger partial charge in [-0.25, -0.2) is 0 Å². The van der Waals surface area contributed by atoms with Crippen LogP contribution in [0.3, 0.4) is 0 Å². The lowest BCUT2D eigenvalue weighted by atomic mass is 9.83. The third-order valence-corrected chi connectivity index (χ3v) is 4.30. The molecular weight excluding hydrogens is 242 g/mol. The number of hydrogen-bond donors (Lipinski definition) is 1. The van der Waals surface area contributed by atoms with Gasteiger partial charge in [0.1, 0.15) is 0 Å². The largest absolute Gasteiger partial charge is 0.312 e. The van der Waals surface area contributed by atoms with Gasteiger partial charge in [0.25, 0.3) is 0 Å². The zero-order chi connectivity index (χ0) is 13.4.